The molecule has 0 saturated heterocycles. The lowest BCUT2D eigenvalue weighted by Gasteiger charge is -2.40. The third kappa shape index (κ3) is 6.64. The molecule has 1 aliphatic carbocycles. The Bertz CT molecular complexity index is 1290. The maximum atomic E-state index is 12.6. The number of imidazole rings is 1. The van der Waals surface area contributed by atoms with Gasteiger partial charge in [0.05, 0.1) is 11.0 Å². The molecule has 2 aromatic carbocycles. The second-order valence-corrected chi connectivity index (χ2v) is 10.9. The zero-order chi connectivity index (χ0) is 27.0. The Kier molecular flexibility index (Phi) is 7.26. The highest BCUT2D eigenvalue weighted by Crippen LogP contribution is 2.46. The number of likely N-dealkylation sites (N-methyl/N-ethyl adjacent to an activating group) is 1. The minimum absolute atomic E-state index is 0.107. The Morgan fingerprint density at radius 1 is 1.16 bits per heavy atom. The van der Waals surface area contributed by atoms with Gasteiger partial charge in [-0.25, -0.2) is 4.98 Å². The van der Waals surface area contributed by atoms with Crippen molar-refractivity contribution in [2.75, 3.05) is 19.4 Å². The van der Waals surface area contributed by atoms with Gasteiger partial charge in [-0.2, -0.15) is 0 Å². The zero-order valence-electron chi connectivity index (χ0n) is 21.8. The molecule has 1 saturated carbocycles. The van der Waals surface area contributed by atoms with Gasteiger partial charge in [-0.15, -0.1) is 13.2 Å². The summed E-state index contributed by atoms with van der Waals surface area (Å²) in [5.41, 5.74) is 3.36. The van der Waals surface area contributed by atoms with Crippen LogP contribution < -0.4 is 10.1 Å². The van der Waals surface area contributed by atoms with Crippen molar-refractivity contribution in [3.63, 3.8) is 0 Å². The number of amides is 1. The number of nitrogens with one attached hydrogen (secondary N) is 1. The van der Waals surface area contributed by atoms with Crippen molar-refractivity contribution in [3.05, 3.63) is 54.1 Å². The Balaban J connectivity index is 1.71. The topological polar surface area (TPSA) is 59.4 Å². The first-order chi connectivity index (χ1) is 17.3. The number of rotatable bonds is 6. The number of alkyl halides is 3. The third-order valence-electron chi connectivity index (χ3n) is 6.65. The van der Waals surface area contributed by atoms with Gasteiger partial charge in [-0.1, -0.05) is 26.8 Å². The molecule has 0 radical (unpaired) electrons. The monoisotopic (exact) mass is 514 g/mol. The largest absolute Gasteiger partial charge is 0.573 e. The standard InChI is InChI=1S/C28H33F3N4O2/c1-18-14-21(17-27(2,3)16-18)35-24-12-6-19(7-13-25(36)34(4)5)15-23(24)33-26(35)32-20-8-10-22(11-9-20)37-28(29,30)31/h6-13,15,18,21H,14,16-17H2,1-5H3,(H,32,33)/b13-7+/t18-,21-/m1/s1. The number of ether oxygens (including phenoxy) is 1. The summed E-state index contributed by atoms with van der Waals surface area (Å²) in [5.74, 6) is 0.777. The molecule has 1 fully saturated rings. The number of benzene rings is 2. The highest BCUT2D eigenvalue weighted by Gasteiger charge is 2.35. The summed E-state index contributed by atoms with van der Waals surface area (Å²) < 4.78 is 43.9. The van der Waals surface area contributed by atoms with Gasteiger partial charge < -0.3 is 19.5 Å². The lowest BCUT2D eigenvalue weighted by Crippen LogP contribution is -2.29. The van der Waals surface area contributed by atoms with Crippen LogP contribution in [-0.2, 0) is 4.79 Å². The number of nitrogens with zero attached hydrogens (tertiary/aromatic N) is 3. The van der Waals surface area contributed by atoms with Gasteiger partial charge in [0, 0.05) is 31.9 Å². The van der Waals surface area contributed by atoms with Gasteiger partial charge in [-0.05, 0) is 78.6 Å². The van der Waals surface area contributed by atoms with Gasteiger partial charge in [0.1, 0.15) is 5.75 Å². The van der Waals surface area contributed by atoms with Crippen LogP contribution in [0.4, 0.5) is 24.8 Å². The number of hydrogen-bond acceptors (Lipinski definition) is 4. The van der Waals surface area contributed by atoms with Crippen molar-refractivity contribution < 1.29 is 22.7 Å². The van der Waals surface area contributed by atoms with E-state index in [1.54, 1.807) is 32.3 Å². The van der Waals surface area contributed by atoms with Gasteiger partial charge in [0.15, 0.2) is 0 Å². The van der Waals surface area contributed by atoms with Crippen molar-refractivity contribution in [3.8, 4) is 5.75 Å². The van der Waals surface area contributed by atoms with Crippen molar-refractivity contribution in [2.24, 2.45) is 11.3 Å². The first kappa shape index (κ1) is 26.6. The van der Waals surface area contributed by atoms with Gasteiger partial charge in [-0.3, -0.25) is 4.79 Å². The maximum Gasteiger partial charge on any atom is 0.573 e. The van der Waals surface area contributed by atoms with Crippen molar-refractivity contribution in [1.29, 1.82) is 0 Å². The third-order valence-corrected chi connectivity index (χ3v) is 6.65. The molecule has 4 rings (SSSR count). The van der Waals surface area contributed by atoms with Crippen LogP contribution in [-0.4, -0.2) is 40.8 Å². The van der Waals surface area contributed by atoms with Crippen LogP contribution in [0.2, 0.25) is 0 Å². The number of aromatic nitrogens is 2. The Labute approximate surface area is 215 Å². The summed E-state index contributed by atoms with van der Waals surface area (Å²) in [4.78, 5) is 18.4. The van der Waals surface area contributed by atoms with E-state index >= 15 is 0 Å². The van der Waals surface area contributed by atoms with Gasteiger partial charge >= 0.3 is 6.36 Å². The SMILES string of the molecule is C[C@@H]1C[C@@H](n2c(Nc3ccc(OC(F)(F)F)cc3)nc3cc(/C=C/C(=O)N(C)C)ccc32)CC(C)(C)C1. The summed E-state index contributed by atoms with van der Waals surface area (Å²) in [6.45, 7) is 6.84. The zero-order valence-corrected chi connectivity index (χ0v) is 21.8. The Morgan fingerprint density at radius 2 is 1.86 bits per heavy atom. The van der Waals surface area contributed by atoms with Crippen LogP contribution in [0.25, 0.3) is 17.1 Å². The Morgan fingerprint density at radius 3 is 2.49 bits per heavy atom. The molecule has 1 amide bonds. The average molecular weight is 515 g/mol. The Hall–Kier alpha value is -3.49. The average Bonchev–Trinajstić information content (AvgIpc) is 3.13. The molecular weight excluding hydrogens is 481 g/mol. The van der Waals surface area contributed by atoms with E-state index in [2.05, 4.69) is 35.4 Å². The van der Waals surface area contributed by atoms with E-state index in [0.717, 1.165) is 35.9 Å². The fourth-order valence-electron chi connectivity index (χ4n) is 5.36. The molecule has 1 heterocycles. The molecule has 0 unspecified atom stereocenters. The number of fused-ring (bicyclic) bond motifs is 1. The molecule has 2 atom stereocenters. The normalized spacial score (nSPS) is 19.8. The van der Waals surface area contributed by atoms with Crippen LogP contribution in [0.5, 0.6) is 5.75 Å². The van der Waals surface area contributed by atoms with Crippen LogP contribution in [0, 0.1) is 11.3 Å². The fourth-order valence-corrected chi connectivity index (χ4v) is 5.36. The lowest BCUT2D eigenvalue weighted by atomic mass is 9.70. The summed E-state index contributed by atoms with van der Waals surface area (Å²) >= 11 is 0. The summed E-state index contributed by atoms with van der Waals surface area (Å²) in [5, 5.41) is 3.31. The van der Waals surface area contributed by atoms with E-state index in [9.17, 15) is 18.0 Å². The lowest BCUT2D eigenvalue weighted by molar-refractivity contribution is -0.274. The molecule has 9 heteroatoms. The van der Waals surface area contributed by atoms with E-state index in [4.69, 9.17) is 4.98 Å². The molecule has 0 bridgehead atoms. The molecule has 0 spiro atoms. The molecule has 1 aromatic heterocycles. The van der Waals surface area contributed by atoms with Gasteiger partial charge in [0.25, 0.3) is 0 Å². The fraction of sp³-hybridized carbons (Fsp3) is 0.429. The molecule has 37 heavy (non-hydrogen) atoms. The summed E-state index contributed by atoms with van der Waals surface area (Å²) in [7, 11) is 3.40. The number of hydrogen-bond donors (Lipinski definition) is 1. The van der Waals surface area contributed by atoms with E-state index < -0.39 is 6.36 Å². The molecule has 3 aromatic rings. The highest BCUT2D eigenvalue weighted by atomic mass is 19.4. The van der Waals surface area contributed by atoms with Crippen molar-refractivity contribution in [2.45, 2.75) is 52.4 Å². The number of halogens is 3. The molecular formula is C28H33F3N4O2. The van der Waals surface area contributed by atoms with Crippen molar-refractivity contribution >= 4 is 34.7 Å². The number of carbonyl (C=O) groups excluding carboxylic acids is 1. The van der Waals surface area contributed by atoms with Crippen LogP contribution >= 0.6 is 0 Å². The highest BCUT2D eigenvalue weighted by molar-refractivity contribution is 5.92. The molecule has 0 aliphatic heterocycles. The quantitative estimate of drug-likeness (QED) is 0.355. The maximum absolute atomic E-state index is 12.6. The van der Waals surface area contributed by atoms with Crippen LogP contribution in [0.1, 0.15) is 51.6 Å². The first-order valence-corrected chi connectivity index (χ1v) is 12.3. The second-order valence-electron chi connectivity index (χ2n) is 10.9. The predicted octanol–water partition coefficient (Wildman–Crippen LogP) is 7.17. The number of anilines is 2. The molecule has 6 nitrogen and oxygen atoms in total. The van der Waals surface area contributed by atoms with Crippen LogP contribution in [0.3, 0.4) is 0 Å². The van der Waals surface area contributed by atoms with E-state index in [1.807, 2.05) is 18.2 Å². The first-order valence-electron chi connectivity index (χ1n) is 12.3. The summed E-state index contributed by atoms with van der Waals surface area (Å²) in [6, 6.07) is 11.8. The minimum Gasteiger partial charge on any atom is -0.406 e. The van der Waals surface area contributed by atoms with E-state index in [0.29, 0.717) is 17.6 Å². The van der Waals surface area contributed by atoms with Gasteiger partial charge in [0.2, 0.25) is 11.9 Å². The molecule has 1 aliphatic rings. The predicted molar refractivity (Wildman–Crippen MR) is 140 cm³/mol. The molecule has 198 valence electrons. The summed E-state index contributed by atoms with van der Waals surface area (Å²) in [6.07, 6.45) is 1.67. The number of carbonyl (C=O) groups is 1. The van der Waals surface area contributed by atoms with Crippen LogP contribution in [0.15, 0.2) is 48.5 Å². The second kappa shape index (κ2) is 10.1. The minimum atomic E-state index is -4.74. The van der Waals surface area contributed by atoms with E-state index in [-0.39, 0.29) is 23.1 Å². The van der Waals surface area contributed by atoms with Crippen molar-refractivity contribution in [1.82, 2.24) is 14.5 Å². The smallest absolute Gasteiger partial charge is 0.406 e. The molecule has 1 N–H and O–H groups in total. The van der Waals surface area contributed by atoms with E-state index in [1.165, 1.54) is 23.1 Å².